The maximum Gasteiger partial charge on any atom is 0.267 e. The highest BCUT2D eigenvalue weighted by Crippen LogP contribution is 2.19. The van der Waals surface area contributed by atoms with Crippen LogP contribution in [0.4, 0.5) is 11.6 Å². The van der Waals surface area contributed by atoms with Gasteiger partial charge in [0.2, 0.25) is 5.95 Å². The molecule has 2 N–H and O–H groups in total. The van der Waals surface area contributed by atoms with Crippen molar-refractivity contribution in [3.8, 4) is 6.07 Å². The number of nitrogens with zero attached hydrogens (tertiary/aromatic N) is 5. The predicted octanol–water partition coefficient (Wildman–Crippen LogP) is 2.36. The molecule has 1 saturated heterocycles. The van der Waals surface area contributed by atoms with Gasteiger partial charge in [0, 0.05) is 50.7 Å². The first-order valence-corrected chi connectivity index (χ1v) is 9.96. The van der Waals surface area contributed by atoms with E-state index in [2.05, 4.69) is 20.6 Å². The second kappa shape index (κ2) is 9.91. The number of hydrogen-bond donors (Lipinski definition) is 2. The van der Waals surface area contributed by atoms with Crippen molar-refractivity contribution in [2.45, 2.75) is 12.5 Å². The summed E-state index contributed by atoms with van der Waals surface area (Å²) >= 11 is 5.80. The first-order chi connectivity index (χ1) is 14.9. The van der Waals surface area contributed by atoms with E-state index in [0.29, 0.717) is 35.3 Å². The molecule has 1 fully saturated rings. The van der Waals surface area contributed by atoms with Crippen molar-refractivity contribution in [1.29, 1.82) is 5.26 Å². The average molecular weight is 440 g/mol. The monoisotopic (exact) mass is 439 g/mol. The van der Waals surface area contributed by atoms with E-state index in [1.54, 1.807) is 48.2 Å². The summed E-state index contributed by atoms with van der Waals surface area (Å²) in [6.07, 6.45) is 5.22. The highest BCUT2D eigenvalue weighted by atomic mass is 35.5. The van der Waals surface area contributed by atoms with Crippen LogP contribution in [0.25, 0.3) is 0 Å². The number of carbonyl (C=O) groups excluding carboxylic acids is 2. The summed E-state index contributed by atoms with van der Waals surface area (Å²) in [5, 5.41) is 15.5. The van der Waals surface area contributed by atoms with E-state index in [1.807, 2.05) is 6.07 Å². The number of nitrogens with one attached hydrogen (secondary N) is 2. The number of likely N-dealkylation sites (tertiary alicyclic amines) is 1. The molecule has 2 amide bonds. The SMILES string of the molecule is CN(C)C=C(C#N)C(=O)Nc1cccc(C(=O)N2CCC(Nc3ncc(Cl)cn3)C2)c1. The van der Waals surface area contributed by atoms with Crippen LogP contribution < -0.4 is 10.6 Å². The Morgan fingerprint density at radius 1 is 1.32 bits per heavy atom. The molecule has 1 aliphatic heterocycles. The molecule has 1 aliphatic rings. The van der Waals surface area contributed by atoms with Crippen LogP contribution in [0.1, 0.15) is 16.8 Å². The molecule has 0 radical (unpaired) electrons. The topological polar surface area (TPSA) is 114 Å². The molecule has 2 aromatic rings. The van der Waals surface area contributed by atoms with Gasteiger partial charge in [0.1, 0.15) is 11.6 Å². The second-order valence-electron chi connectivity index (χ2n) is 7.26. The molecule has 1 unspecified atom stereocenters. The van der Waals surface area contributed by atoms with E-state index in [9.17, 15) is 9.59 Å². The van der Waals surface area contributed by atoms with E-state index in [0.717, 1.165) is 6.42 Å². The van der Waals surface area contributed by atoms with Crippen molar-refractivity contribution in [1.82, 2.24) is 19.8 Å². The van der Waals surface area contributed by atoms with Gasteiger partial charge in [-0.25, -0.2) is 9.97 Å². The molecule has 3 rings (SSSR count). The lowest BCUT2D eigenvalue weighted by Crippen LogP contribution is -2.32. The Hall–Kier alpha value is -3.64. The summed E-state index contributed by atoms with van der Waals surface area (Å²) in [4.78, 5) is 36.8. The smallest absolute Gasteiger partial charge is 0.267 e. The molecule has 1 aromatic carbocycles. The number of carbonyl (C=O) groups is 2. The number of rotatable bonds is 6. The number of anilines is 2. The van der Waals surface area contributed by atoms with Crippen molar-refractivity contribution in [3.63, 3.8) is 0 Å². The van der Waals surface area contributed by atoms with Crippen molar-refractivity contribution in [3.05, 3.63) is 59.0 Å². The highest BCUT2D eigenvalue weighted by Gasteiger charge is 2.27. The third kappa shape index (κ3) is 5.93. The summed E-state index contributed by atoms with van der Waals surface area (Å²) in [6.45, 7) is 1.09. The Labute approximate surface area is 185 Å². The molecule has 1 atom stereocenters. The first kappa shape index (κ1) is 22.1. The van der Waals surface area contributed by atoms with Crippen molar-refractivity contribution in [2.24, 2.45) is 0 Å². The number of amides is 2. The average Bonchev–Trinajstić information content (AvgIpc) is 3.21. The lowest BCUT2D eigenvalue weighted by atomic mass is 10.1. The quantitative estimate of drug-likeness (QED) is 0.524. The van der Waals surface area contributed by atoms with Crippen LogP contribution in [0.3, 0.4) is 0 Å². The standard InChI is InChI=1S/C21H22ClN7O2/c1-28(2)12-15(9-23)19(30)26-17-5-3-4-14(8-17)20(31)29-7-6-18(13-29)27-21-24-10-16(22)11-25-21/h3-5,8,10-12,18H,6-7,13H2,1-2H3,(H,26,30)(H,24,25,27). The van der Waals surface area contributed by atoms with Crippen molar-refractivity contribution in [2.75, 3.05) is 37.8 Å². The second-order valence-corrected chi connectivity index (χ2v) is 7.70. The Morgan fingerprint density at radius 2 is 2.06 bits per heavy atom. The number of halogens is 1. The van der Waals surface area contributed by atoms with E-state index in [4.69, 9.17) is 16.9 Å². The minimum atomic E-state index is -0.533. The molecule has 0 spiro atoms. The number of aromatic nitrogens is 2. The highest BCUT2D eigenvalue weighted by molar-refractivity contribution is 6.30. The molecule has 0 saturated carbocycles. The van der Waals surface area contributed by atoms with Crippen LogP contribution in [-0.4, -0.2) is 64.8 Å². The summed E-state index contributed by atoms with van der Waals surface area (Å²) in [7, 11) is 3.45. The summed E-state index contributed by atoms with van der Waals surface area (Å²) in [6, 6.07) is 8.57. The van der Waals surface area contributed by atoms with Crippen LogP contribution in [0.2, 0.25) is 5.02 Å². The molecule has 0 bridgehead atoms. The van der Waals surface area contributed by atoms with E-state index < -0.39 is 5.91 Å². The molecule has 0 aliphatic carbocycles. The van der Waals surface area contributed by atoms with E-state index in [-0.39, 0.29) is 17.5 Å². The van der Waals surface area contributed by atoms with E-state index >= 15 is 0 Å². The van der Waals surface area contributed by atoms with Gasteiger partial charge in [0.15, 0.2) is 0 Å². The Bertz CT molecular complexity index is 1030. The van der Waals surface area contributed by atoms with E-state index in [1.165, 1.54) is 18.6 Å². The van der Waals surface area contributed by atoms with Gasteiger partial charge >= 0.3 is 0 Å². The Morgan fingerprint density at radius 3 is 2.74 bits per heavy atom. The zero-order chi connectivity index (χ0) is 22.4. The molecule has 31 heavy (non-hydrogen) atoms. The molecular weight excluding hydrogens is 418 g/mol. The van der Waals surface area contributed by atoms with Gasteiger partial charge in [-0.3, -0.25) is 9.59 Å². The third-order valence-corrected chi connectivity index (χ3v) is 4.74. The van der Waals surface area contributed by atoms with Crippen LogP contribution in [0.5, 0.6) is 0 Å². The summed E-state index contributed by atoms with van der Waals surface area (Å²) in [5.41, 5.74) is 0.870. The third-order valence-electron chi connectivity index (χ3n) is 4.55. The molecule has 10 heteroatoms. The van der Waals surface area contributed by atoms with Crippen LogP contribution in [0.15, 0.2) is 48.4 Å². The fourth-order valence-corrected chi connectivity index (χ4v) is 3.24. The maximum absolute atomic E-state index is 12.9. The van der Waals surface area contributed by atoms with Gasteiger partial charge in [0.25, 0.3) is 11.8 Å². The largest absolute Gasteiger partial charge is 0.382 e. The Kier molecular flexibility index (Phi) is 7.05. The first-order valence-electron chi connectivity index (χ1n) is 9.59. The molecular formula is C21H22ClN7O2. The van der Waals surface area contributed by atoms with Gasteiger partial charge in [-0.05, 0) is 24.6 Å². The zero-order valence-electron chi connectivity index (χ0n) is 17.2. The van der Waals surface area contributed by atoms with Crippen LogP contribution in [0, 0.1) is 11.3 Å². The van der Waals surface area contributed by atoms with Crippen LogP contribution in [-0.2, 0) is 4.79 Å². The fourth-order valence-electron chi connectivity index (χ4n) is 3.14. The molecule has 1 aromatic heterocycles. The minimum absolute atomic E-state index is 0.0281. The number of hydrogen-bond acceptors (Lipinski definition) is 7. The van der Waals surface area contributed by atoms with Crippen LogP contribution >= 0.6 is 11.6 Å². The lowest BCUT2D eigenvalue weighted by molar-refractivity contribution is -0.112. The van der Waals surface area contributed by atoms with Gasteiger partial charge < -0.3 is 20.4 Å². The van der Waals surface area contributed by atoms with Gasteiger partial charge in [-0.15, -0.1) is 0 Å². The molecule has 160 valence electrons. The maximum atomic E-state index is 12.9. The Balaban J connectivity index is 1.63. The normalized spacial score (nSPS) is 15.9. The predicted molar refractivity (Wildman–Crippen MR) is 117 cm³/mol. The number of benzene rings is 1. The van der Waals surface area contributed by atoms with Gasteiger partial charge in [-0.2, -0.15) is 5.26 Å². The van der Waals surface area contributed by atoms with Crippen molar-refractivity contribution < 1.29 is 9.59 Å². The summed E-state index contributed by atoms with van der Waals surface area (Å²) in [5.74, 6) is -0.205. The lowest BCUT2D eigenvalue weighted by Gasteiger charge is -2.18. The van der Waals surface area contributed by atoms with Gasteiger partial charge in [0.05, 0.1) is 17.4 Å². The van der Waals surface area contributed by atoms with Gasteiger partial charge in [-0.1, -0.05) is 17.7 Å². The zero-order valence-corrected chi connectivity index (χ0v) is 17.9. The van der Waals surface area contributed by atoms with Crippen molar-refractivity contribution >= 4 is 35.1 Å². The summed E-state index contributed by atoms with van der Waals surface area (Å²) < 4.78 is 0. The molecule has 2 heterocycles. The molecule has 9 nitrogen and oxygen atoms in total. The number of nitriles is 1. The minimum Gasteiger partial charge on any atom is -0.382 e. The fraction of sp³-hybridized carbons (Fsp3) is 0.286.